The van der Waals surface area contributed by atoms with Crippen LogP contribution in [0.2, 0.25) is 0 Å². The molecule has 0 fully saturated rings. The van der Waals surface area contributed by atoms with Gasteiger partial charge in [0.05, 0.1) is 7.11 Å². The summed E-state index contributed by atoms with van der Waals surface area (Å²) >= 11 is 0. The van der Waals surface area contributed by atoms with Gasteiger partial charge in [-0.25, -0.2) is 4.98 Å². The monoisotopic (exact) mass is 327 g/mol. The number of aromatic nitrogens is 5. The fraction of sp³-hybridized carbons (Fsp3) is 0.143. The van der Waals surface area contributed by atoms with Gasteiger partial charge in [-0.3, -0.25) is 0 Å². The van der Waals surface area contributed by atoms with E-state index in [0.717, 1.165) is 16.0 Å². The quantitative estimate of drug-likeness (QED) is 0.535. The van der Waals surface area contributed by atoms with Crippen LogP contribution in [0, 0.1) is 10.1 Å². The molecule has 0 bridgehead atoms. The number of anilines is 1. The molecule has 0 amide bonds. The number of methoxy groups -OCH3 is 1. The summed E-state index contributed by atoms with van der Waals surface area (Å²) in [6.45, 7) is 0.554. The highest BCUT2D eigenvalue weighted by Gasteiger charge is 2.16. The van der Waals surface area contributed by atoms with Gasteiger partial charge in [0.2, 0.25) is 6.33 Å². The van der Waals surface area contributed by atoms with Gasteiger partial charge < -0.3 is 20.2 Å². The molecular weight excluding hydrogens is 314 g/mol. The highest BCUT2D eigenvalue weighted by molar-refractivity contribution is 5.37. The Balaban J connectivity index is 1.71. The molecule has 0 aliphatic rings. The molecule has 3 rings (SSSR count). The maximum absolute atomic E-state index is 10.6. The number of hydrogen-bond donors (Lipinski definition) is 1. The molecule has 3 aromatic rings. The van der Waals surface area contributed by atoms with Crippen LogP contribution in [-0.4, -0.2) is 36.8 Å². The number of ether oxygens (including phenoxy) is 1. The average molecular weight is 327 g/mol. The molecule has 0 unspecified atom stereocenters. The summed E-state index contributed by atoms with van der Waals surface area (Å²) in [6.07, 6.45) is 2.73. The number of nitrogens with one attached hydrogen (secondary N) is 1. The maximum Gasteiger partial charge on any atom is 0.491 e. The van der Waals surface area contributed by atoms with Crippen molar-refractivity contribution in [3.8, 4) is 11.7 Å². The predicted octanol–water partition coefficient (Wildman–Crippen LogP) is 1.59. The Hall–Kier alpha value is -3.56. The van der Waals surface area contributed by atoms with E-state index in [2.05, 4.69) is 25.4 Å². The van der Waals surface area contributed by atoms with Crippen molar-refractivity contribution in [2.45, 2.75) is 6.54 Å². The van der Waals surface area contributed by atoms with Crippen LogP contribution in [-0.2, 0) is 6.54 Å². The van der Waals surface area contributed by atoms with Crippen LogP contribution in [0.4, 0.5) is 11.8 Å². The summed E-state index contributed by atoms with van der Waals surface area (Å²) in [5.74, 6) is 1.04. The molecule has 0 saturated carbocycles. The van der Waals surface area contributed by atoms with Crippen molar-refractivity contribution in [1.29, 1.82) is 0 Å². The molecule has 1 aromatic carbocycles. The Bertz CT molecular complexity index is 848. The van der Waals surface area contributed by atoms with Gasteiger partial charge in [-0.15, -0.1) is 4.68 Å². The van der Waals surface area contributed by atoms with Crippen molar-refractivity contribution in [3.63, 3.8) is 0 Å². The fourth-order valence-corrected chi connectivity index (χ4v) is 1.93. The van der Waals surface area contributed by atoms with E-state index in [9.17, 15) is 10.1 Å². The van der Waals surface area contributed by atoms with Crippen molar-refractivity contribution in [1.82, 2.24) is 24.7 Å². The molecular formula is C14H13N7O3. The van der Waals surface area contributed by atoms with Crippen LogP contribution in [0.1, 0.15) is 5.56 Å². The summed E-state index contributed by atoms with van der Waals surface area (Å²) in [5.41, 5.74) is 1.05. The Morgan fingerprint density at radius 2 is 2.04 bits per heavy atom. The van der Waals surface area contributed by atoms with E-state index in [1.165, 1.54) is 12.5 Å². The number of benzene rings is 1. The molecule has 2 aromatic heterocycles. The normalized spacial score (nSPS) is 10.4. The van der Waals surface area contributed by atoms with Crippen molar-refractivity contribution < 1.29 is 9.66 Å². The molecule has 0 saturated heterocycles. The van der Waals surface area contributed by atoms with Crippen molar-refractivity contribution in [2.24, 2.45) is 0 Å². The van der Waals surface area contributed by atoms with Gasteiger partial charge in [0.1, 0.15) is 11.6 Å². The van der Waals surface area contributed by atoms with E-state index in [-0.39, 0.29) is 5.95 Å². The van der Waals surface area contributed by atoms with Gasteiger partial charge in [-0.1, -0.05) is 17.1 Å². The van der Waals surface area contributed by atoms with E-state index >= 15 is 0 Å². The largest absolute Gasteiger partial charge is 0.497 e. The van der Waals surface area contributed by atoms with Gasteiger partial charge in [-0.2, -0.15) is 4.98 Å². The SMILES string of the molecule is COc1ccc(CNc2ccnc(-n3cnc([N+](=O)[O-])n3)n2)cc1. The first kappa shape index (κ1) is 15.3. The first-order valence-electron chi connectivity index (χ1n) is 6.92. The lowest BCUT2D eigenvalue weighted by atomic mass is 10.2. The average Bonchev–Trinajstić information content (AvgIpc) is 3.11. The topological polar surface area (TPSA) is 121 Å². The van der Waals surface area contributed by atoms with Crippen LogP contribution in [0.25, 0.3) is 5.95 Å². The minimum absolute atomic E-state index is 0.190. The third-order valence-corrected chi connectivity index (χ3v) is 3.12. The van der Waals surface area contributed by atoms with E-state index in [0.29, 0.717) is 12.4 Å². The number of rotatable bonds is 6. The molecule has 2 heterocycles. The third kappa shape index (κ3) is 3.43. The standard InChI is InChI=1S/C14H13N7O3/c1-24-11-4-2-10(3-5-11)8-16-12-6-7-15-13(18-12)20-9-17-14(19-20)21(22)23/h2-7,9H,8H2,1H3,(H,15,16,18). The van der Waals surface area contributed by atoms with Gasteiger partial charge in [-0.05, 0) is 28.7 Å². The van der Waals surface area contributed by atoms with Crippen molar-refractivity contribution in [2.75, 3.05) is 12.4 Å². The minimum atomic E-state index is -0.678. The Morgan fingerprint density at radius 3 is 2.71 bits per heavy atom. The van der Waals surface area contributed by atoms with Crippen LogP contribution in [0.3, 0.4) is 0 Å². The molecule has 10 nitrogen and oxygen atoms in total. The van der Waals surface area contributed by atoms with Crippen LogP contribution >= 0.6 is 0 Å². The van der Waals surface area contributed by atoms with Gasteiger partial charge in [0.25, 0.3) is 5.95 Å². The maximum atomic E-state index is 10.6. The number of nitrogens with zero attached hydrogens (tertiary/aromatic N) is 6. The summed E-state index contributed by atoms with van der Waals surface area (Å²) < 4.78 is 6.26. The Kier molecular flexibility index (Phi) is 4.27. The molecule has 0 radical (unpaired) electrons. The lowest BCUT2D eigenvalue weighted by Crippen LogP contribution is -2.06. The van der Waals surface area contributed by atoms with Crippen LogP contribution in [0.15, 0.2) is 42.9 Å². The second-order valence-corrected chi connectivity index (χ2v) is 4.69. The molecule has 24 heavy (non-hydrogen) atoms. The van der Waals surface area contributed by atoms with Gasteiger partial charge in [0.15, 0.2) is 0 Å². The Morgan fingerprint density at radius 1 is 1.25 bits per heavy atom. The van der Waals surface area contributed by atoms with Crippen LogP contribution in [0.5, 0.6) is 5.75 Å². The van der Waals surface area contributed by atoms with E-state index in [1.54, 1.807) is 13.2 Å². The Labute approximate surface area is 136 Å². The first-order valence-corrected chi connectivity index (χ1v) is 6.92. The lowest BCUT2D eigenvalue weighted by Gasteiger charge is -2.07. The summed E-state index contributed by atoms with van der Waals surface area (Å²) in [6, 6.07) is 9.32. The minimum Gasteiger partial charge on any atom is -0.497 e. The molecule has 0 spiro atoms. The summed E-state index contributed by atoms with van der Waals surface area (Å²) in [5, 5.41) is 17.5. The van der Waals surface area contributed by atoms with Crippen molar-refractivity contribution >= 4 is 11.8 Å². The summed E-state index contributed by atoms with van der Waals surface area (Å²) in [4.78, 5) is 21.8. The molecule has 0 aliphatic carbocycles. The highest BCUT2D eigenvalue weighted by atomic mass is 16.6. The van der Waals surface area contributed by atoms with Crippen LogP contribution < -0.4 is 10.1 Å². The zero-order valence-corrected chi connectivity index (χ0v) is 12.7. The number of hydrogen-bond acceptors (Lipinski definition) is 8. The lowest BCUT2D eigenvalue weighted by molar-refractivity contribution is -0.394. The first-order chi connectivity index (χ1) is 11.7. The predicted molar refractivity (Wildman–Crippen MR) is 83.9 cm³/mol. The third-order valence-electron chi connectivity index (χ3n) is 3.12. The van der Waals surface area contributed by atoms with Gasteiger partial charge in [0, 0.05) is 17.8 Å². The van der Waals surface area contributed by atoms with E-state index in [4.69, 9.17) is 4.74 Å². The van der Waals surface area contributed by atoms with Gasteiger partial charge >= 0.3 is 5.95 Å². The molecule has 122 valence electrons. The smallest absolute Gasteiger partial charge is 0.491 e. The zero-order chi connectivity index (χ0) is 16.9. The van der Waals surface area contributed by atoms with E-state index in [1.807, 2.05) is 24.3 Å². The second kappa shape index (κ2) is 6.69. The number of nitro groups is 1. The molecule has 0 aliphatic heterocycles. The zero-order valence-electron chi connectivity index (χ0n) is 12.7. The van der Waals surface area contributed by atoms with E-state index < -0.39 is 10.9 Å². The second-order valence-electron chi connectivity index (χ2n) is 4.69. The summed E-state index contributed by atoms with van der Waals surface area (Å²) in [7, 11) is 1.62. The molecule has 0 atom stereocenters. The molecule has 10 heteroatoms. The van der Waals surface area contributed by atoms with Crippen molar-refractivity contribution in [3.05, 3.63) is 58.5 Å². The molecule has 1 N–H and O–H groups in total. The fourth-order valence-electron chi connectivity index (χ4n) is 1.93. The highest BCUT2D eigenvalue weighted by Crippen LogP contribution is 2.13.